The van der Waals surface area contributed by atoms with E-state index in [2.05, 4.69) is 10.2 Å². The van der Waals surface area contributed by atoms with Crippen LogP contribution in [0.15, 0.2) is 18.2 Å². The van der Waals surface area contributed by atoms with Crippen LogP contribution in [0, 0.1) is 0 Å². The molecule has 0 bridgehead atoms. The van der Waals surface area contributed by atoms with Crippen LogP contribution in [0.1, 0.15) is 10.4 Å². The molecule has 0 aromatic heterocycles. The molecule has 1 aromatic rings. The molecule has 0 unspecified atom stereocenters. The number of aliphatic hydroxyl groups excluding tert-OH is 1. The summed E-state index contributed by atoms with van der Waals surface area (Å²) in [6.07, 6.45) is 0.0649. The molecular weight excluding hydrogens is 326 g/mol. The fourth-order valence-electron chi connectivity index (χ4n) is 2.46. The van der Waals surface area contributed by atoms with Crippen LogP contribution in [0.4, 0.5) is 5.69 Å². The van der Waals surface area contributed by atoms with Crippen LogP contribution < -0.4 is 15.8 Å². The fraction of sp³-hybridized carbons (Fsp3) is 0.588. The number of benzene rings is 1. The molecule has 1 aliphatic heterocycles. The lowest BCUT2D eigenvalue weighted by Gasteiger charge is -2.39. The summed E-state index contributed by atoms with van der Waals surface area (Å²) in [6.45, 7) is 4.45. The van der Waals surface area contributed by atoms with Crippen LogP contribution in [0.3, 0.4) is 0 Å². The number of likely N-dealkylation sites (tertiary alicyclic amines) is 1. The van der Waals surface area contributed by atoms with Gasteiger partial charge in [-0.1, -0.05) is 0 Å². The van der Waals surface area contributed by atoms with E-state index in [4.69, 9.17) is 25.1 Å². The van der Waals surface area contributed by atoms with Gasteiger partial charge in [-0.3, -0.25) is 9.69 Å². The molecule has 8 heteroatoms. The molecule has 1 amide bonds. The van der Waals surface area contributed by atoms with Gasteiger partial charge in [-0.05, 0) is 18.2 Å². The van der Waals surface area contributed by atoms with Crippen LogP contribution in [0.5, 0.6) is 5.75 Å². The minimum absolute atomic E-state index is 0.0334. The molecule has 0 atom stereocenters. The summed E-state index contributed by atoms with van der Waals surface area (Å²) in [6, 6.07) is 5.03. The Morgan fingerprint density at radius 2 is 2.00 bits per heavy atom. The first-order valence-corrected chi connectivity index (χ1v) is 8.41. The van der Waals surface area contributed by atoms with E-state index in [1.165, 1.54) is 0 Å². The van der Waals surface area contributed by atoms with Crippen molar-refractivity contribution in [3.05, 3.63) is 23.8 Å². The minimum atomic E-state index is -0.166. The Morgan fingerprint density at radius 1 is 1.28 bits per heavy atom. The summed E-state index contributed by atoms with van der Waals surface area (Å²) < 4.78 is 16.5. The Labute approximate surface area is 147 Å². The number of amides is 1. The number of hydrogen-bond acceptors (Lipinski definition) is 7. The molecule has 25 heavy (non-hydrogen) atoms. The maximum Gasteiger partial charge on any atom is 0.251 e. The monoisotopic (exact) mass is 353 g/mol. The van der Waals surface area contributed by atoms with Gasteiger partial charge in [0.05, 0.1) is 38.7 Å². The van der Waals surface area contributed by atoms with E-state index >= 15 is 0 Å². The van der Waals surface area contributed by atoms with Gasteiger partial charge in [0.15, 0.2) is 0 Å². The Balaban J connectivity index is 1.64. The highest BCUT2D eigenvalue weighted by atomic mass is 16.5. The second-order valence-electron chi connectivity index (χ2n) is 5.78. The number of nitrogens with zero attached hydrogens (tertiary/aromatic N) is 1. The number of hydrogen-bond donors (Lipinski definition) is 3. The Morgan fingerprint density at radius 3 is 2.68 bits per heavy atom. The summed E-state index contributed by atoms with van der Waals surface area (Å²) in [5, 5.41) is 11.2. The normalized spacial score (nSPS) is 15.0. The number of nitrogens with two attached hydrogens (primary N) is 1. The quantitative estimate of drug-likeness (QED) is 0.371. The van der Waals surface area contributed by atoms with E-state index in [9.17, 15) is 4.79 Å². The van der Waals surface area contributed by atoms with E-state index in [0.29, 0.717) is 43.4 Å². The maximum absolute atomic E-state index is 11.7. The van der Waals surface area contributed by atoms with Gasteiger partial charge in [0.1, 0.15) is 11.9 Å². The van der Waals surface area contributed by atoms with Gasteiger partial charge in [-0.15, -0.1) is 0 Å². The van der Waals surface area contributed by atoms with Crippen molar-refractivity contribution < 1.29 is 24.1 Å². The van der Waals surface area contributed by atoms with Crippen molar-refractivity contribution in [3.63, 3.8) is 0 Å². The summed E-state index contributed by atoms with van der Waals surface area (Å²) in [4.78, 5) is 13.9. The number of nitrogen functional groups attached to an aromatic ring is 1. The van der Waals surface area contributed by atoms with E-state index in [1.807, 2.05) is 0 Å². The molecular formula is C17H27N3O5. The van der Waals surface area contributed by atoms with Crippen molar-refractivity contribution in [2.24, 2.45) is 0 Å². The van der Waals surface area contributed by atoms with Crippen molar-refractivity contribution in [1.29, 1.82) is 0 Å². The molecule has 140 valence electrons. The lowest BCUT2D eigenvalue weighted by atomic mass is 10.1. The predicted octanol–water partition coefficient (Wildman–Crippen LogP) is -0.283. The summed E-state index contributed by atoms with van der Waals surface area (Å²) >= 11 is 0. The van der Waals surface area contributed by atoms with Gasteiger partial charge in [-0.2, -0.15) is 0 Å². The maximum atomic E-state index is 11.7. The third kappa shape index (κ3) is 6.17. The van der Waals surface area contributed by atoms with Gasteiger partial charge in [0.2, 0.25) is 0 Å². The van der Waals surface area contributed by atoms with Gasteiger partial charge in [0, 0.05) is 32.2 Å². The molecule has 1 heterocycles. The first-order valence-electron chi connectivity index (χ1n) is 8.41. The van der Waals surface area contributed by atoms with Gasteiger partial charge in [0.25, 0.3) is 5.91 Å². The van der Waals surface area contributed by atoms with Gasteiger partial charge in [-0.25, -0.2) is 0 Å². The highest BCUT2D eigenvalue weighted by Crippen LogP contribution is 2.26. The Kier molecular flexibility index (Phi) is 7.93. The summed E-state index contributed by atoms with van der Waals surface area (Å²) in [5.74, 6) is 0.378. The number of carbonyl (C=O) groups is 1. The first kappa shape index (κ1) is 19.5. The van der Waals surface area contributed by atoms with Crippen LogP contribution in [0.2, 0.25) is 0 Å². The SMILES string of the molecule is CNC(=O)c1ccc(N)c(OC2CN(CCOCCOCCO)C2)c1. The molecule has 1 aromatic carbocycles. The lowest BCUT2D eigenvalue weighted by Crippen LogP contribution is -2.54. The zero-order valence-electron chi connectivity index (χ0n) is 14.6. The molecule has 0 spiro atoms. The van der Waals surface area contributed by atoms with E-state index < -0.39 is 0 Å². The largest absolute Gasteiger partial charge is 0.486 e. The van der Waals surface area contributed by atoms with E-state index in [1.54, 1.807) is 25.2 Å². The average molecular weight is 353 g/mol. The number of ether oxygens (including phenoxy) is 3. The van der Waals surface area contributed by atoms with Crippen molar-refractivity contribution in [3.8, 4) is 5.75 Å². The second kappa shape index (κ2) is 10.2. The molecule has 0 radical (unpaired) electrons. The average Bonchev–Trinajstić information content (AvgIpc) is 2.59. The molecule has 0 aliphatic carbocycles. The van der Waals surface area contributed by atoms with Crippen LogP contribution in [-0.4, -0.2) is 81.7 Å². The van der Waals surface area contributed by atoms with Crippen molar-refractivity contribution >= 4 is 11.6 Å². The molecule has 2 rings (SSSR count). The molecule has 1 saturated heterocycles. The number of rotatable bonds is 11. The Hall–Kier alpha value is -1.87. The molecule has 4 N–H and O–H groups in total. The molecule has 0 saturated carbocycles. The van der Waals surface area contributed by atoms with Crippen molar-refractivity contribution in [2.75, 3.05) is 65.5 Å². The highest BCUT2D eigenvalue weighted by molar-refractivity contribution is 5.95. The predicted molar refractivity (Wildman–Crippen MR) is 93.8 cm³/mol. The molecule has 8 nitrogen and oxygen atoms in total. The van der Waals surface area contributed by atoms with Gasteiger partial charge < -0.3 is 30.4 Å². The first-order chi connectivity index (χ1) is 12.1. The third-order valence-electron chi connectivity index (χ3n) is 3.88. The molecule has 1 aliphatic rings. The van der Waals surface area contributed by atoms with Crippen LogP contribution in [-0.2, 0) is 9.47 Å². The van der Waals surface area contributed by atoms with Crippen LogP contribution in [0.25, 0.3) is 0 Å². The highest BCUT2D eigenvalue weighted by Gasteiger charge is 2.28. The number of anilines is 1. The van der Waals surface area contributed by atoms with E-state index in [-0.39, 0.29) is 18.6 Å². The summed E-state index contributed by atoms with van der Waals surface area (Å²) in [7, 11) is 1.59. The second-order valence-corrected chi connectivity index (χ2v) is 5.78. The van der Waals surface area contributed by atoms with Crippen molar-refractivity contribution in [2.45, 2.75) is 6.10 Å². The van der Waals surface area contributed by atoms with Gasteiger partial charge >= 0.3 is 0 Å². The topological polar surface area (TPSA) is 106 Å². The standard InChI is InChI=1S/C17H27N3O5/c1-19-17(22)13-2-3-15(18)16(10-13)25-14-11-20(12-14)4-6-23-8-9-24-7-5-21/h2-3,10,14,21H,4-9,11-12,18H2,1H3,(H,19,22). The van der Waals surface area contributed by atoms with E-state index in [0.717, 1.165) is 19.6 Å². The van der Waals surface area contributed by atoms with Crippen molar-refractivity contribution in [1.82, 2.24) is 10.2 Å². The third-order valence-corrected chi connectivity index (χ3v) is 3.88. The minimum Gasteiger partial charge on any atom is -0.486 e. The zero-order valence-corrected chi connectivity index (χ0v) is 14.6. The number of carbonyl (C=O) groups excluding carboxylic acids is 1. The summed E-state index contributed by atoms with van der Waals surface area (Å²) in [5.41, 5.74) is 6.98. The number of aliphatic hydroxyl groups is 1. The fourth-order valence-corrected chi connectivity index (χ4v) is 2.46. The Bertz CT molecular complexity index is 549. The van der Waals surface area contributed by atoms with Crippen LogP contribution >= 0.6 is 0 Å². The lowest BCUT2D eigenvalue weighted by molar-refractivity contribution is -0.0116. The number of nitrogens with one attached hydrogen (secondary N) is 1. The zero-order chi connectivity index (χ0) is 18.1. The molecule has 1 fully saturated rings. The smallest absolute Gasteiger partial charge is 0.251 e.